The van der Waals surface area contributed by atoms with Gasteiger partial charge in [0, 0.05) is 41.8 Å². The molecule has 0 aromatic carbocycles. The van der Waals surface area contributed by atoms with Crippen LogP contribution < -0.4 is 0 Å². The van der Waals surface area contributed by atoms with Crippen LogP contribution in [0.2, 0.25) is 0 Å². The van der Waals surface area contributed by atoms with E-state index in [1.807, 2.05) is 125 Å². The second-order valence-electron chi connectivity index (χ2n) is 12.5. The largest absolute Gasteiger partial charge is 0.426 e. The first-order valence-corrected chi connectivity index (χ1v) is 25.5. The van der Waals surface area contributed by atoms with Gasteiger partial charge >= 0.3 is 0 Å². The summed E-state index contributed by atoms with van der Waals surface area (Å²) in [5.74, 6) is 7.34. The number of hydrogen-bond donors (Lipinski definition) is 2. The van der Waals surface area contributed by atoms with Crippen molar-refractivity contribution in [1.29, 1.82) is 0 Å². The molecule has 10 aromatic heterocycles. The van der Waals surface area contributed by atoms with Crippen LogP contribution >= 0.6 is 34.4 Å². The summed E-state index contributed by atoms with van der Waals surface area (Å²) in [4.78, 5) is 26.9. The van der Waals surface area contributed by atoms with E-state index in [2.05, 4.69) is 119 Å². The average Bonchev–Trinajstić information content (AvgIpc) is 4.21. The van der Waals surface area contributed by atoms with Crippen LogP contribution in [0, 0.1) is 96.9 Å². The fourth-order valence-corrected chi connectivity index (χ4v) is 4.99. The topological polar surface area (TPSA) is 339 Å². The van der Waals surface area contributed by atoms with E-state index in [-0.39, 0.29) is 0 Å². The highest BCUT2D eigenvalue weighted by atomic mass is 32.1. The summed E-state index contributed by atoms with van der Waals surface area (Å²) >= 11 is 4.51. The third-order valence-electron chi connectivity index (χ3n) is 5.91. The van der Waals surface area contributed by atoms with Gasteiger partial charge in [-0.2, -0.15) is 34.0 Å². The van der Waals surface area contributed by atoms with Crippen LogP contribution in [-0.4, -0.2) is 119 Å². The van der Waals surface area contributed by atoms with E-state index in [1.54, 1.807) is 81.1 Å². The molecule has 74 heavy (non-hydrogen) atoms. The summed E-state index contributed by atoms with van der Waals surface area (Å²) in [5, 5.41) is 49.2. The summed E-state index contributed by atoms with van der Waals surface area (Å²) in [6.45, 7) is 41.9. The minimum absolute atomic E-state index is 0.623. The molecular weight excluding hydrogens is 1010 g/mol. The Morgan fingerprint density at radius 1 is 0.446 bits per heavy atom. The molecule has 10 aromatic rings. The summed E-state index contributed by atoms with van der Waals surface area (Å²) in [6, 6.07) is 0. The maximum absolute atomic E-state index is 4.86. The van der Waals surface area contributed by atoms with Crippen molar-refractivity contribution in [2.24, 2.45) is 14.1 Å². The number of nitrogens with one attached hydrogen (secondary N) is 2. The minimum Gasteiger partial charge on any atom is -0.426 e. The molecule has 0 bridgehead atoms. The number of aryl methyl sites for hydroxylation is 16. The lowest BCUT2D eigenvalue weighted by Gasteiger charge is -1.74. The van der Waals surface area contributed by atoms with E-state index >= 15 is 0 Å². The third-order valence-corrected chi connectivity index (χ3v) is 8.09. The zero-order valence-electron chi connectivity index (χ0n) is 47.8. The van der Waals surface area contributed by atoms with Gasteiger partial charge in [0.2, 0.25) is 23.6 Å². The van der Waals surface area contributed by atoms with Gasteiger partial charge in [-0.1, -0.05) is 65.7 Å². The Hall–Kier alpha value is -7.34. The van der Waals surface area contributed by atoms with E-state index in [0.717, 1.165) is 43.3 Å². The van der Waals surface area contributed by atoms with Crippen LogP contribution in [0.4, 0.5) is 0 Å². The lowest BCUT2D eigenvalue weighted by atomic mass is 10.7. The molecule has 0 saturated heterocycles. The highest BCUT2D eigenvalue weighted by molar-refractivity contribution is 7.11. The van der Waals surface area contributed by atoms with Crippen LogP contribution in [-0.2, 0) is 14.1 Å². The molecule has 412 valence electrons. The zero-order valence-corrected chi connectivity index (χ0v) is 50.2. The molecular formula is C44H80N24O3S3. The highest BCUT2D eigenvalue weighted by Crippen LogP contribution is 2.04. The molecule has 0 fully saturated rings. The van der Waals surface area contributed by atoms with Crippen molar-refractivity contribution in [3.8, 4) is 0 Å². The number of nitrogens with zero attached hydrogens (tertiary/aromatic N) is 22. The van der Waals surface area contributed by atoms with Gasteiger partial charge in [0.25, 0.3) is 0 Å². The predicted octanol–water partition coefficient (Wildman–Crippen LogP) is 9.49. The Morgan fingerprint density at radius 3 is 0.932 bits per heavy atom. The first-order chi connectivity index (χ1) is 35.3. The van der Waals surface area contributed by atoms with Crippen LogP contribution in [0.1, 0.15) is 134 Å². The van der Waals surface area contributed by atoms with Crippen LogP contribution in [0.5, 0.6) is 0 Å². The van der Waals surface area contributed by atoms with Gasteiger partial charge in [-0.15, -0.1) is 41.9 Å². The minimum atomic E-state index is 0.623. The molecule has 0 radical (unpaired) electrons. The van der Waals surface area contributed by atoms with Crippen LogP contribution in [0.3, 0.4) is 0 Å². The first kappa shape index (κ1) is 73.2. The van der Waals surface area contributed by atoms with Crippen molar-refractivity contribution >= 4 is 34.4 Å². The third kappa shape index (κ3) is 47.0. The maximum Gasteiger partial charge on any atom is 0.223 e. The molecule has 0 aliphatic heterocycles. The number of hydrogen-bond acceptors (Lipinski definition) is 26. The Bertz CT molecular complexity index is 2070. The van der Waals surface area contributed by atoms with E-state index in [4.69, 9.17) is 4.42 Å². The fourth-order valence-electron chi connectivity index (χ4n) is 3.45. The van der Waals surface area contributed by atoms with Gasteiger partial charge in [-0.25, -0.2) is 24.9 Å². The molecule has 10 heterocycles. The van der Waals surface area contributed by atoms with E-state index in [1.165, 1.54) is 42.0 Å². The van der Waals surface area contributed by atoms with Crippen molar-refractivity contribution in [1.82, 2.24) is 119 Å². The molecule has 2 N–H and O–H groups in total. The quantitative estimate of drug-likeness (QED) is 0.143. The molecule has 0 aliphatic carbocycles. The fraction of sp³-hybridized carbons (Fsp3) is 0.545. The molecule has 0 amide bonds. The molecule has 0 aliphatic rings. The number of aromatic nitrogens is 24. The van der Waals surface area contributed by atoms with Crippen molar-refractivity contribution in [3.63, 3.8) is 0 Å². The van der Waals surface area contributed by atoms with Crippen LogP contribution in [0.15, 0.2) is 51.4 Å². The lowest BCUT2D eigenvalue weighted by Crippen LogP contribution is -1.83. The Morgan fingerprint density at radius 2 is 0.838 bits per heavy atom. The second kappa shape index (κ2) is 49.2. The molecule has 0 spiro atoms. The Kier molecular flexibility index (Phi) is 48.7. The first-order valence-electron chi connectivity index (χ1n) is 23.1. The lowest BCUT2D eigenvalue weighted by molar-refractivity contribution is 0.389. The van der Waals surface area contributed by atoms with E-state index in [0.29, 0.717) is 35.2 Å². The number of rotatable bonds is 0. The number of aromatic amines is 2. The summed E-state index contributed by atoms with van der Waals surface area (Å²) < 4.78 is 25.4. The van der Waals surface area contributed by atoms with Crippen molar-refractivity contribution in [2.45, 2.75) is 152 Å². The Balaban J connectivity index is -0.000000362. The standard InChI is InChI=1S/3C4H6N2O.3C4H6N2S.4C3H5N3.4C2H6/c1-3-5-6-4(2)7-3;2*1-3-5-4(2)7-6-3;1-3-5-6-4(2)7-3;2*1-3-5-4(2)7-6-3;1-6-2-4-5-3-6;1-6-3-4-2-5-6;2*1-3-4-2-5-6-3;4*1-2/h6*1-2H3;2*2-3H,1H3;2*2H,1H3,(H,4,5,6);4*1-2H3. The predicted molar refractivity (Wildman–Crippen MR) is 289 cm³/mol. The Labute approximate surface area is 448 Å². The summed E-state index contributed by atoms with van der Waals surface area (Å²) in [6.07, 6.45) is 9.38. The molecule has 10 rings (SSSR count). The normalized spacial score (nSPS) is 8.54. The molecule has 27 nitrogen and oxygen atoms in total. The average molecular weight is 1090 g/mol. The smallest absolute Gasteiger partial charge is 0.223 e. The van der Waals surface area contributed by atoms with Crippen LogP contribution in [0.25, 0.3) is 0 Å². The molecule has 30 heteroatoms. The molecule has 0 atom stereocenters. The van der Waals surface area contributed by atoms with Crippen molar-refractivity contribution in [2.75, 3.05) is 0 Å². The maximum atomic E-state index is 4.86. The highest BCUT2D eigenvalue weighted by Gasteiger charge is 1.92. The van der Waals surface area contributed by atoms with Crippen molar-refractivity contribution in [3.05, 3.63) is 117 Å². The van der Waals surface area contributed by atoms with Gasteiger partial charge in [0.05, 0.1) is 0 Å². The van der Waals surface area contributed by atoms with Gasteiger partial charge in [0.15, 0.2) is 11.6 Å². The number of H-pyrrole nitrogens is 2. The van der Waals surface area contributed by atoms with Gasteiger partial charge in [-0.05, 0) is 92.3 Å². The monoisotopic (exact) mass is 1090 g/mol. The molecule has 0 saturated carbocycles. The zero-order chi connectivity index (χ0) is 57.3. The van der Waals surface area contributed by atoms with Crippen molar-refractivity contribution < 1.29 is 13.5 Å². The van der Waals surface area contributed by atoms with E-state index < -0.39 is 0 Å². The van der Waals surface area contributed by atoms with Gasteiger partial charge in [-0.3, -0.25) is 14.9 Å². The second-order valence-corrected chi connectivity index (χ2v) is 15.8. The van der Waals surface area contributed by atoms with Gasteiger partial charge in [0.1, 0.15) is 81.3 Å². The van der Waals surface area contributed by atoms with E-state index in [9.17, 15) is 0 Å². The molecule has 0 unspecified atom stereocenters. The SMILES string of the molecule is CC.CC.CC.CC.Cc1ncn[nH]1.Cc1ncn[nH]1.Cc1nnc(C)o1.Cc1nnc(C)s1.Cc1noc(C)n1.Cc1noc(C)n1.Cc1nsc(C)n1.Cc1nsc(C)n1.Cn1cncn1.Cn1cnnc1. The summed E-state index contributed by atoms with van der Waals surface area (Å²) in [5.41, 5.74) is 0. The summed E-state index contributed by atoms with van der Waals surface area (Å²) in [7, 11) is 3.70. The van der Waals surface area contributed by atoms with Gasteiger partial charge < -0.3 is 18.0 Å².